The van der Waals surface area contributed by atoms with Crippen molar-refractivity contribution in [2.45, 2.75) is 380 Å². The van der Waals surface area contributed by atoms with E-state index in [1.54, 1.807) is 0 Å². The van der Waals surface area contributed by atoms with Gasteiger partial charge in [0.15, 0.2) is 6.10 Å². The third kappa shape index (κ3) is 68.9. The minimum atomic E-state index is -4.39. The molecule has 2 unspecified atom stereocenters. The first kappa shape index (κ1) is 81.0. The molecule has 0 aliphatic rings. The number of phosphoric acid groups is 1. The molecule has 0 saturated carbocycles. The van der Waals surface area contributed by atoms with Gasteiger partial charge in [-0.15, -0.1) is 0 Å². The predicted molar refractivity (Wildman–Crippen MR) is 358 cm³/mol. The fourth-order valence-corrected chi connectivity index (χ4v) is 11.6. The second kappa shape index (κ2) is 69.1. The van der Waals surface area contributed by atoms with Crippen molar-refractivity contribution in [2.75, 3.05) is 26.4 Å². The Morgan fingerprint density at radius 3 is 0.916 bits per heavy atom. The van der Waals surface area contributed by atoms with E-state index < -0.39 is 26.5 Å². The summed E-state index contributed by atoms with van der Waals surface area (Å²) in [4.78, 5) is 35.4. The van der Waals surface area contributed by atoms with Crippen LogP contribution in [0.3, 0.4) is 0 Å². The zero-order valence-electron chi connectivity index (χ0n) is 55.0. The number of carbonyl (C=O) groups is 2. The number of nitrogens with two attached hydrogens (primary N) is 1. The van der Waals surface area contributed by atoms with E-state index in [-0.39, 0.29) is 38.6 Å². The highest BCUT2D eigenvalue weighted by Crippen LogP contribution is 2.43. The van der Waals surface area contributed by atoms with Crippen molar-refractivity contribution < 1.29 is 37.6 Å². The highest BCUT2D eigenvalue weighted by Gasteiger charge is 2.26. The van der Waals surface area contributed by atoms with Crippen molar-refractivity contribution in [3.63, 3.8) is 0 Å². The van der Waals surface area contributed by atoms with E-state index >= 15 is 0 Å². The molecule has 0 rings (SSSR count). The van der Waals surface area contributed by atoms with Gasteiger partial charge in [0.1, 0.15) is 6.61 Å². The van der Waals surface area contributed by atoms with Crippen LogP contribution in [0.2, 0.25) is 0 Å². The van der Waals surface area contributed by atoms with E-state index in [1.165, 1.54) is 295 Å². The van der Waals surface area contributed by atoms with Gasteiger partial charge in [-0.25, -0.2) is 4.57 Å². The van der Waals surface area contributed by atoms with Crippen molar-refractivity contribution in [1.29, 1.82) is 0 Å². The molecule has 0 aromatic carbocycles. The number of rotatable bonds is 69. The molecular formula is C73H138NO8P. The molecule has 9 nitrogen and oxygen atoms in total. The Bertz CT molecular complexity index is 1500. The van der Waals surface area contributed by atoms with Crippen LogP contribution >= 0.6 is 7.82 Å². The molecule has 2 atom stereocenters. The quantitative estimate of drug-likeness (QED) is 0.0264. The molecule has 0 heterocycles. The maximum atomic E-state index is 12.8. The number of hydrogen-bond acceptors (Lipinski definition) is 8. The van der Waals surface area contributed by atoms with Crippen LogP contribution in [-0.4, -0.2) is 49.3 Å². The second-order valence-corrected chi connectivity index (χ2v) is 25.9. The van der Waals surface area contributed by atoms with E-state index in [2.05, 4.69) is 62.5 Å². The zero-order chi connectivity index (χ0) is 60.1. The summed E-state index contributed by atoms with van der Waals surface area (Å²) in [7, 11) is -4.39. The lowest BCUT2D eigenvalue weighted by molar-refractivity contribution is -0.161. The summed E-state index contributed by atoms with van der Waals surface area (Å²) in [5.41, 5.74) is 5.41. The van der Waals surface area contributed by atoms with Crippen molar-refractivity contribution in [3.8, 4) is 0 Å². The Morgan fingerprint density at radius 2 is 0.627 bits per heavy atom. The van der Waals surface area contributed by atoms with Crippen molar-refractivity contribution in [1.82, 2.24) is 0 Å². The Kier molecular flexibility index (Phi) is 67.4. The third-order valence-corrected chi connectivity index (χ3v) is 17.2. The minimum absolute atomic E-state index is 0.0552. The number of esters is 2. The molecule has 0 aromatic rings. The van der Waals surface area contributed by atoms with Crippen LogP contribution in [0.1, 0.15) is 373 Å². The van der Waals surface area contributed by atoms with Crippen LogP contribution in [-0.2, 0) is 32.7 Å². The summed E-state index contributed by atoms with van der Waals surface area (Å²) in [6.07, 6.45) is 87.9. The molecule has 0 aliphatic heterocycles. The maximum absolute atomic E-state index is 12.8. The molecule has 0 radical (unpaired) electrons. The van der Waals surface area contributed by atoms with E-state index in [4.69, 9.17) is 24.3 Å². The van der Waals surface area contributed by atoms with Gasteiger partial charge in [0.05, 0.1) is 13.2 Å². The van der Waals surface area contributed by atoms with Gasteiger partial charge in [-0.05, 0) is 77.0 Å². The molecule has 0 aliphatic carbocycles. The molecule has 488 valence electrons. The number of carbonyl (C=O) groups excluding carboxylic acids is 2. The molecule has 0 fully saturated rings. The van der Waals surface area contributed by atoms with Gasteiger partial charge in [-0.3, -0.25) is 18.6 Å². The average molecular weight is 1190 g/mol. The summed E-state index contributed by atoms with van der Waals surface area (Å²) in [6, 6.07) is 0. The van der Waals surface area contributed by atoms with Gasteiger partial charge in [-0.1, -0.05) is 332 Å². The minimum Gasteiger partial charge on any atom is -0.462 e. The van der Waals surface area contributed by atoms with Crippen molar-refractivity contribution >= 4 is 19.8 Å². The lowest BCUT2D eigenvalue weighted by Gasteiger charge is -2.19. The zero-order valence-corrected chi connectivity index (χ0v) is 55.8. The highest BCUT2D eigenvalue weighted by molar-refractivity contribution is 7.47. The lowest BCUT2D eigenvalue weighted by atomic mass is 10.0. The number of ether oxygens (including phenoxy) is 2. The van der Waals surface area contributed by atoms with E-state index in [9.17, 15) is 19.0 Å². The third-order valence-electron chi connectivity index (χ3n) is 16.2. The number of unbranched alkanes of at least 4 members (excludes halogenated alkanes) is 48. The predicted octanol–water partition coefficient (Wildman–Crippen LogP) is 23.6. The van der Waals surface area contributed by atoms with Crippen LogP contribution < -0.4 is 5.73 Å². The van der Waals surface area contributed by atoms with Crippen LogP contribution in [0.25, 0.3) is 0 Å². The normalized spacial score (nSPS) is 13.2. The van der Waals surface area contributed by atoms with Crippen molar-refractivity contribution in [2.24, 2.45) is 5.73 Å². The fraction of sp³-hybridized carbons (Fsp3) is 0.863. The summed E-state index contributed by atoms with van der Waals surface area (Å²) in [6.45, 7) is 3.79. The van der Waals surface area contributed by atoms with Gasteiger partial charge < -0.3 is 20.1 Å². The van der Waals surface area contributed by atoms with Gasteiger partial charge in [-0.2, -0.15) is 0 Å². The molecule has 3 N–H and O–H groups in total. The Morgan fingerprint density at radius 1 is 0.361 bits per heavy atom. The average Bonchev–Trinajstić information content (AvgIpc) is 3.48. The molecular weight excluding hydrogens is 1050 g/mol. The summed E-state index contributed by atoms with van der Waals surface area (Å²) in [5, 5.41) is 0. The smallest absolute Gasteiger partial charge is 0.462 e. The Labute approximate surface area is 515 Å². The second-order valence-electron chi connectivity index (χ2n) is 24.5. The van der Waals surface area contributed by atoms with Crippen LogP contribution in [0, 0.1) is 0 Å². The Balaban J connectivity index is 3.81. The molecule has 0 amide bonds. The first-order valence-electron chi connectivity index (χ1n) is 36.1. The molecule has 0 bridgehead atoms. The van der Waals surface area contributed by atoms with Crippen molar-refractivity contribution in [3.05, 3.63) is 48.6 Å². The topological polar surface area (TPSA) is 134 Å². The van der Waals surface area contributed by atoms with Crippen LogP contribution in [0.4, 0.5) is 0 Å². The van der Waals surface area contributed by atoms with Crippen LogP contribution in [0.15, 0.2) is 48.6 Å². The summed E-state index contributed by atoms with van der Waals surface area (Å²) < 4.78 is 33.2. The summed E-state index contributed by atoms with van der Waals surface area (Å²) in [5.74, 6) is -0.807. The van der Waals surface area contributed by atoms with Gasteiger partial charge in [0, 0.05) is 19.4 Å². The molecule has 0 aromatic heterocycles. The fourth-order valence-electron chi connectivity index (χ4n) is 10.8. The SMILES string of the molecule is CCCCCCC/C=C\C/C=C\CCCCCCCCCCCCCCCCCCCCCCCCCC(=O)OC(COC(=O)CCCCCCCCCCCCCCCCC/C=C\C/C=C\CCCCCCC)COP(=O)(O)OCCN. The maximum Gasteiger partial charge on any atom is 0.472 e. The van der Waals surface area contributed by atoms with Gasteiger partial charge >= 0.3 is 19.8 Å². The Hall–Kier alpha value is -2.03. The molecule has 10 heteroatoms. The van der Waals surface area contributed by atoms with E-state index in [0.29, 0.717) is 6.42 Å². The van der Waals surface area contributed by atoms with Gasteiger partial charge in [0.25, 0.3) is 0 Å². The first-order chi connectivity index (χ1) is 40.8. The number of hydrogen-bond donors (Lipinski definition) is 2. The lowest BCUT2D eigenvalue weighted by Crippen LogP contribution is -2.29. The van der Waals surface area contributed by atoms with E-state index in [1.807, 2.05) is 0 Å². The highest BCUT2D eigenvalue weighted by atomic mass is 31.2. The monoisotopic (exact) mass is 1190 g/mol. The van der Waals surface area contributed by atoms with E-state index in [0.717, 1.165) is 44.9 Å². The van der Waals surface area contributed by atoms with Gasteiger partial charge in [0.2, 0.25) is 0 Å². The number of phosphoric ester groups is 1. The largest absolute Gasteiger partial charge is 0.472 e. The first-order valence-corrected chi connectivity index (χ1v) is 37.6. The standard InChI is InChI=1S/C73H138NO8P/c1-3-5-7-9-11-13-15-17-19-21-23-25-27-29-31-32-33-34-35-36-37-38-40-42-44-46-48-50-52-54-56-58-60-62-64-66-73(76)82-71(70-81-83(77,78)80-68-67-74)69-79-72(75)65-63-61-59-57-55-53-51-49-47-45-43-41-39-30-28-26-24-22-20-18-16-14-12-10-8-6-4-2/h15-18,21-24,71H,3-14,19-20,25-70,74H2,1-2H3,(H,77,78)/b17-15-,18-16-,23-21-,24-22-. The molecule has 0 saturated heterocycles. The van der Waals surface area contributed by atoms with Crippen LogP contribution in [0.5, 0.6) is 0 Å². The number of allylic oxidation sites excluding steroid dienone is 8. The molecule has 0 spiro atoms. The summed E-state index contributed by atoms with van der Waals surface area (Å²) >= 11 is 0. The molecule has 83 heavy (non-hydrogen) atoms.